The van der Waals surface area contributed by atoms with E-state index in [0.717, 1.165) is 42.4 Å². The monoisotopic (exact) mass is 503 g/mol. The van der Waals surface area contributed by atoms with Crippen LogP contribution in [0.4, 0.5) is 4.79 Å². The molecule has 3 N–H and O–H groups in total. The van der Waals surface area contributed by atoms with Gasteiger partial charge in [0.25, 0.3) is 5.91 Å². The van der Waals surface area contributed by atoms with E-state index in [2.05, 4.69) is 16.0 Å². The van der Waals surface area contributed by atoms with E-state index in [1.165, 1.54) is 6.42 Å². The van der Waals surface area contributed by atoms with Crippen LogP contribution in [0.1, 0.15) is 53.8 Å². The van der Waals surface area contributed by atoms with Gasteiger partial charge in [-0.15, -0.1) is 0 Å². The molecule has 1 aromatic heterocycles. The van der Waals surface area contributed by atoms with Crippen LogP contribution >= 0.6 is 0 Å². The molecule has 1 aliphatic rings. The summed E-state index contributed by atoms with van der Waals surface area (Å²) in [4.78, 5) is 37.3. The summed E-state index contributed by atoms with van der Waals surface area (Å²) in [5.41, 5.74) is 2.61. The molecule has 0 radical (unpaired) electrons. The molecule has 0 aliphatic heterocycles. The number of likely N-dealkylation sites (N-methyl/N-ethyl adjacent to an activating group) is 1. The molecule has 0 spiro atoms. The molecular weight excluding hydrogens is 470 g/mol. The molecule has 1 heterocycles. The van der Waals surface area contributed by atoms with Gasteiger partial charge in [-0.3, -0.25) is 9.59 Å². The summed E-state index contributed by atoms with van der Waals surface area (Å²) in [6, 6.07) is 19.7. The standard InChI is InChI=1S/C29H33N3O5/c1-30-28(34)26(23-10-6-3-7-11-23)32-27(33)25-17-16-24(37-25)22-14-12-20(13-15-22)18-31-29(35)36-19-21-8-4-2-5-9-21/h2,4-5,8-9,12-17,23,26H,3,6-7,10-11,18-19H2,1H3,(H,30,34)(H,31,35)(H,32,33). The van der Waals surface area contributed by atoms with Crippen LogP contribution in [0.15, 0.2) is 71.1 Å². The molecule has 1 aliphatic carbocycles. The molecule has 4 rings (SSSR count). The predicted octanol–water partition coefficient (Wildman–Crippen LogP) is 4.80. The highest BCUT2D eigenvalue weighted by Crippen LogP contribution is 2.27. The van der Waals surface area contributed by atoms with Gasteiger partial charge < -0.3 is 25.1 Å². The van der Waals surface area contributed by atoms with Crippen LogP contribution in [0.25, 0.3) is 11.3 Å². The summed E-state index contributed by atoms with van der Waals surface area (Å²) in [5, 5.41) is 8.28. The summed E-state index contributed by atoms with van der Waals surface area (Å²) in [5.74, 6) is 0.247. The first kappa shape index (κ1) is 26.0. The number of amides is 3. The van der Waals surface area contributed by atoms with Gasteiger partial charge in [0.15, 0.2) is 5.76 Å². The molecule has 1 atom stereocenters. The first-order valence-corrected chi connectivity index (χ1v) is 12.7. The van der Waals surface area contributed by atoms with Gasteiger partial charge in [-0.1, -0.05) is 73.9 Å². The summed E-state index contributed by atoms with van der Waals surface area (Å²) >= 11 is 0. The van der Waals surface area contributed by atoms with E-state index < -0.39 is 18.0 Å². The van der Waals surface area contributed by atoms with Gasteiger partial charge in [-0.25, -0.2) is 4.79 Å². The lowest BCUT2D eigenvalue weighted by Gasteiger charge is -2.29. The van der Waals surface area contributed by atoms with E-state index >= 15 is 0 Å². The minimum absolute atomic E-state index is 0.129. The third kappa shape index (κ3) is 7.22. The maximum absolute atomic E-state index is 12.9. The van der Waals surface area contributed by atoms with E-state index in [4.69, 9.17) is 9.15 Å². The van der Waals surface area contributed by atoms with Gasteiger partial charge in [0, 0.05) is 19.2 Å². The first-order valence-electron chi connectivity index (χ1n) is 12.7. The molecule has 3 aromatic rings. The predicted molar refractivity (Wildman–Crippen MR) is 140 cm³/mol. The van der Waals surface area contributed by atoms with Crippen molar-refractivity contribution in [2.45, 2.75) is 51.3 Å². The maximum atomic E-state index is 12.9. The number of hydrogen-bond acceptors (Lipinski definition) is 5. The van der Waals surface area contributed by atoms with E-state index in [1.54, 1.807) is 19.2 Å². The Kier molecular flexibility index (Phi) is 8.97. The second-order valence-electron chi connectivity index (χ2n) is 9.24. The number of hydrogen-bond donors (Lipinski definition) is 3. The first-order chi connectivity index (χ1) is 18.0. The van der Waals surface area contributed by atoms with Gasteiger partial charge in [0.1, 0.15) is 18.4 Å². The summed E-state index contributed by atoms with van der Waals surface area (Å²) < 4.78 is 11.0. The van der Waals surface area contributed by atoms with Crippen LogP contribution in [-0.4, -0.2) is 31.0 Å². The average molecular weight is 504 g/mol. The zero-order chi connectivity index (χ0) is 26.0. The van der Waals surface area contributed by atoms with Crippen molar-refractivity contribution in [2.75, 3.05) is 7.05 Å². The number of alkyl carbamates (subject to hydrolysis) is 1. The topological polar surface area (TPSA) is 110 Å². The van der Waals surface area contributed by atoms with E-state index in [9.17, 15) is 14.4 Å². The Labute approximate surface area is 216 Å². The lowest BCUT2D eigenvalue weighted by molar-refractivity contribution is -0.124. The molecule has 8 nitrogen and oxygen atoms in total. The summed E-state index contributed by atoms with van der Waals surface area (Å²) in [7, 11) is 1.59. The number of carbonyl (C=O) groups excluding carboxylic acids is 3. The summed E-state index contributed by atoms with van der Waals surface area (Å²) in [6.45, 7) is 0.534. The SMILES string of the molecule is CNC(=O)C(NC(=O)c1ccc(-c2ccc(CNC(=O)OCc3ccccc3)cc2)o1)C1CCCCC1. The summed E-state index contributed by atoms with van der Waals surface area (Å²) in [6.07, 6.45) is 4.66. The lowest BCUT2D eigenvalue weighted by atomic mass is 9.83. The zero-order valence-electron chi connectivity index (χ0n) is 21.0. The Hall–Kier alpha value is -4.07. The fourth-order valence-corrected chi connectivity index (χ4v) is 4.58. The Morgan fingerprint density at radius 3 is 2.35 bits per heavy atom. The number of furan rings is 1. The highest BCUT2D eigenvalue weighted by Gasteiger charge is 2.31. The van der Waals surface area contributed by atoms with Gasteiger partial charge in [0.2, 0.25) is 5.91 Å². The molecule has 194 valence electrons. The van der Waals surface area contributed by atoms with Crippen molar-refractivity contribution in [3.05, 3.63) is 83.6 Å². The Bertz CT molecular complexity index is 1180. The van der Waals surface area contributed by atoms with Gasteiger partial charge in [-0.2, -0.15) is 0 Å². The molecule has 2 aromatic carbocycles. The van der Waals surface area contributed by atoms with Crippen molar-refractivity contribution in [1.29, 1.82) is 0 Å². The molecule has 0 saturated heterocycles. The van der Waals surface area contributed by atoms with Crippen molar-refractivity contribution in [1.82, 2.24) is 16.0 Å². The number of benzene rings is 2. The van der Waals surface area contributed by atoms with Crippen LogP contribution in [0, 0.1) is 5.92 Å². The van der Waals surface area contributed by atoms with Crippen molar-refractivity contribution in [3.63, 3.8) is 0 Å². The van der Waals surface area contributed by atoms with Crippen LogP contribution in [-0.2, 0) is 22.7 Å². The Morgan fingerprint density at radius 2 is 1.65 bits per heavy atom. The largest absolute Gasteiger partial charge is 0.451 e. The van der Waals surface area contributed by atoms with Gasteiger partial charge >= 0.3 is 6.09 Å². The van der Waals surface area contributed by atoms with Crippen molar-refractivity contribution in [2.24, 2.45) is 5.92 Å². The quantitative estimate of drug-likeness (QED) is 0.389. The minimum atomic E-state index is -0.572. The molecule has 1 saturated carbocycles. The molecular formula is C29H33N3O5. The van der Waals surface area contributed by atoms with Crippen LogP contribution in [0.5, 0.6) is 0 Å². The number of nitrogens with one attached hydrogen (secondary N) is 3. The number of carbonyl (C=O) groups is 3. The fraction of sp³-hybridized carbons (Fsp3) is 0.345. The van der Waals surface area contributed by atoms with E-state index in [-0.39, 0.29) is 24.2 Å². The zero-order valence-corrected chi connectivity index (χ0v) is 21.0. The molecule has 0 bridgehead atoms. The molecule has 8 heteroatoms. The third-order valence-corrected chi connectivity index (χ3v) is 6.65. The highest BCUT2D eigenvalue weighted by atomic mass is 16.5. The number of rotatable bonds is 9. The third-order valence-electron chi connectivity index (χ3n) is 6.65. The van der Waals surface area contributed by atoms with Crippen molar-refractivity contribution < 1.29 is 23.5 Å². The second-order valence-corrected chi connectivity index (χ2v) is 9.24. The molecule has 1 unspecified atom stereocenters. The van der Waals surface area contributed by atoms with Crippen molar-refractivity contribution >= 4 is 17.9 Å². The number of ether oxygens (including phenoxy) is 1. The maximum Gasteiger partial charge on any atom is 0.407 e. The average Bonchev–Trinajstić information content (AvgIpc) is 3.45. The lowest BCUT2D eigenvalue weighted by Crippen LogP contribution is -2.50. The minimum Gasteiger partial charge on any atom is -0.451 e. The molecule has 3 amide bonds. The Morgan fingerprint density at radius 1 is 0.919 bits per heavy atom. The smallest absolute Gasteiger partial charge is 0.407 e. The van der Waals surface area contributed by atoms with E-state index in [1.807, 2.05) is 54.6 Å². The van der Waals surface area contributed by atoms with Crippen molar-refractivity contribution in [3.8, 4) is 11.3 Å². The molecule has 1 fully saturated rings. The van der Waals surface area contributed by atoms with Crippen LogP contribution < -0.4 is 16.0 Å². The van der Waals surface area contributed by atoms with E-state index in [0.29, 0.717) is 12.3 Å². The van der Waals surface area contributed by atoms with Gasteiger partial charge in [-0.05, 0) is 42.0 Å². The van der Waals surface area contributed by atoms with Gasteiger partial charge in [0.05, 0.1) is 0 Å². The Balaban J connectivity index is 1.30. The normalized spacial score (nSPS) is 14.4. The van der Waals surface area contributed by atoms with Crippen LogP contribution in [0.2, 0.25) is 0 Å². The molecule has 37 heavy (non-hydrogen) atoms. The fourth-order valence-electron chi connectivity index (χ4n) is 4.58. The van der Waals surface area contributed by atoms with Crippen LogP contribution in [0.3, 0.4) is 0 Å². The second kappa shape index (κ2) is 12.8. The highest BCUT2D eigenvalue weighted by molar-refractivity contribution is 5.96.